The van der Waals surface area contributed by atoms with Crippen LogP contribution in [0.25, 0.3) is 10.9 Å². The molecule has 1 unspecified atom stereocenters. The molecule has 2 aliphatic heterocycles. The first-order valence-electron chi connectivity index (χ1n) is 19.4. The van der Waals surface area contributed by atoms with Gasteiger partial charge in [0.25, 0.3) is 5.91 Å². The largest absolute Gasteiger partial charge is 0.497 e. The van der Waals surface area contributed by atoms with E-state index < -0.39 is 68.2 Å². The number of carbonyl (C=O) groups is 4. The number of ether oxygens (including phenoxy) is 3. The van der Waals surface area contributed by atoms with Gasteiger partial charge in [0.1, 0.15) is 41.3 Å². The SMILES string of the molecule is CC[C@@H]1CC1(NC(=O)[C@@H]1C[C@@H]2CN1C(=O)[C@H](C(C)(C)C)NC(=O)O[C@H]1C[C@@H]1CCCCCc1nc3ccc(OC)cc3cc1O2)C(=O)NS(=O)(=O)C1CC1. The second-order valence-corrected chi connectivity index (χ2v) is 18.9. The van der Waals surface area contributed by atoms with Crippen LogP contribution in [0, 0.1) is 17.3 Å². The first-order valence-corrected chi connectivity index (χ1v) is 21.0. The summed E-state index contributed by atoms with van der Waals surface area (Å²) >= 11 is 0. The first kappa shape index (κ1) is 38.1. The Balaban J connectivity index is 1.21. The lowest BCUT2D eigenvalue weighted by molar-refractivity contribution is -0.143. The van der Waals surface area contributed by atoms with Crippen molar-refractivity contribution in [1.29, 1.82) is 0 Å². The Morgan fingerprint density at radius 1 is 1.07 bits per heavy atom. The average molecular weight is 768 g/mol. The summed E-state index contributed by atoms with van der Waals surface area (Å²) in [5, 5.41) is 5.93. The number of carbonyl (C=O) groups excluding carboxylic acids is 4. The number of aromatic nitrogens is 1. The van der Waals surface area contributed by atoms with Crippen molar-refractivity contribution in [2.24, 2.45) is 17.3 Å². The Morgan fingerprint density at radius 2 is 1.85 bits per heavy atom. The van der Waals surface area contributed by atoms with Gasteiger partial charge in [-0.2, -0.15) is 0 Å². The Morgan fingerprint density at radius 3 is 2.54 bits per heavy atom. The lowest BCUT2D eigenvalue weighted by atomic mass is 9.85. The van der Waals surface area contributed by atoms with E-state index in [1.54, 1.807) is 7.11 Å². The quantitative estimate of drug-likeness (QED) is 0.371. The fraction of sp³-hybridized carbons (Fsp3) is 0.667. The van der Waals surface area contributed by atoms with Crippen LogP contribution in [0.4, 0.5) is 4.79 Å². The lowest BCUT2D eigenvalue weighted by Crippen LogP contribution is -2.60. The highest BCUT2D eigenvalue weighted by atomic mass is 32.2. The van der Waals surface area contributed by atoms with Gasteiger partial charge in [-0.05, 0) is 86.5 Å². The molecule has 14 nitrogen and oxygen atoms in total. The highest BCUT2D eigenvalue weighted by Crippen LogP contribution is 2.47. The number of methoxy groups -OCH3 is 1. The molecule has 4 fully saturated rings. The van der Waals surface area contributed by atoms with E-state index in [0.29, 0.717) is 37.2 Å². The van der Waals surface area contributed by atoms with E-state index in [9.17, 15) is 27.6 Å². The number of fused-ring (bicyclic) bond motifs is 5. The van der Waals surface area contributed by atoms with Gasteiger partial charge in [-0.3, -0.25) is 19.1 Å². The molecule has 1 saturated heterocycles. The van der Waals surface area contributed by atoms with E-state index in [1.165, 1.54) is 4.90 Å². The molecule has 2 aromatic rings. The van der Waals surface area contributed by atoms with Crippen molar-refractivity contribution in [2.75, 3.05) is 13.7 Å². The van der Waals surface area contributed by atoms with Gasteiger partial charge in [0, 0.05) is 11.8 Å². The van der Waals surface area contributed by atoms with Gasteiger partial charge in [-0.15, -0.1) is 0 Å². The number of aryl methyl sites for hydroxylation is 1. The summed E-state index contributed by atoms with van der Waals surface area (Å²) in [5.41, 5.74) is -0.613. The summed E-state index contributed by atoms with van der Waals surface area (Å²) in [5.74, 6) is -0.605. The number of nitrogens with one attached hydrogen (secondary N) is 3. The second kappa shape index (κ2) is 14.5. The molecule has 1 aromatic heterocycles. The maximum Gasteiger partial charge on any atom is 0.408 e. The number of hydrogen-bond donors (Lipinski definition) is 3. The van der Waals surface area contributed by atoms with Crippen molar-refractivity contribution in [3.05, 3.63) is 30.0 Å². The summed E-state index contributed by atoms with van der Waals surface area (Å²) in [6.07, 6.45) is 5.55. The van der Waals surface area contributed by atoms with Gasteiger partial charge in [0.2, 0.25) is 21.8 Å². The zero-order chi connectivity index (χ0) is 38.6. The van der Waals surface area contributed by atoms with Crippen molar-refractivity contribution >= 4 is 44.7 Å². The van der Waals surface area contributed by atoms with Crippen molar-refractivity contribution in [2.45, 2.75) is 133 Å². The van der Waals surface area contributed by atoms with Crippen molar-refractivity contribution in [1.82, 2.24) is 25.2 Å². The predicted molar refractivity (Wildman–Crippen MR) is 199 cm³/mol. The number of alkyl carbamates (subject to hydrolysis) is 1. The molecule has 3 aliphatic carbocycles. The summed E-state index contributed by atoms with van der Waals surface area (Å²) in [6, 6.07) is 5.46. The molecule has 7 rings (SSSR count). The molecule has 3 N–H and O–H groups in total. The minimum Gasteiger partial charge on any atom is -0.497 e. The predicted octanol–water partition coefficient (Wildman–Crippen LogP) is 4.13. The molecular formula is C39H53N5O9S. The van der Waals surface area contributed by atoms with Crippen LogP contribution < -0.4 is 24.8 Å². The lowest BCUT2D eigenvalue weighted by Gasteiger charge is -2.35. The molecule has 15 heteroatoms. The van der Waals surface area contributed by atoms with Gasteiger partial charge >= 0.3 is 6.09 Å². The Bertz CT molecular complexity index is 1930. The monoisotopic (exact) mass is 767 g/mol. The zero-order valence-corrected chi connectivity index (χ0v) is 32.6. The molecule has 5 aliphatic rings. The minimum atomic E-state index is -3.86. The topological polar surface area (TPSA) is 182 Å². The van der Waals surface area contributed by atoms with Crippen molar-refractivity contribution in [3.63, 3.8) is 0 Å². The molecule has 1 aromatic carbocycles. The fourth-order valence-electron chi connectivity index (χ4n) is 8.08. The number of rotatable bonds is 7. The maximum atomic E-state index is 14.6. The number of benzene rings is 1. The smallest absolute Gasteiger partial charge is 0.408 e. The van der Waals surface area contributed by atoms with Crippen LogP contribution in [-0.2, 0) is 35.6 Å². The average Bonchev–Trinajstić information content (AvgIpc) is 4.04. The Labute approximate surface area is 316 Å². The normalized spacial score (nSPS) is 30.4. The number of hydrogen-bond acceptors (Lipinski definition) is 10. The molecule has 0 spiro atoms. The highest BCUT2D eigenvalue weighted by molar-refractivity contribution is 7.91. The molecule has 7 atom stereocenters. The molecule has 3 saturated carbocycles. The fourth-order valence-corrected chi connectivity index (χ4v) is 9.44. The van der Waals surface area contributed by atoms with Crippen LogP contribution >= 0.6 is 0 Å². The van der Waals surface area contributed by atoms with Gasteiger partial charge < -0.3 is 29.7 Å². The molecule has 4 amide bonds. The van der Waals surface area contributed by atoms with Crippen LogP contribution in [0.15, 0.2) is 24.3 Å². The molecular weight excluding hydrogens is 715 g/mol. The van der Waals surface area contributed by atoms with E-state index >= 15 is 0 Å². The number of amides is 4. The maximum absolute atomic E-state index is 14.6. The molecule has 54 heavy (non-hydrogen) atoms. The van der Waals surface area contributed by atoms with Gasteiger partial charge in [-0.25, -0.2) is 18.2 Å². The third-order valence-corrected chi connectivity index (χ3v) is 13.5. The van der Waals surface area contributed by atoms with Crippen LogP contribution in [0.1, 0.15) is 97.6 Å². The number of nitrogens with zero attached hydrogens (tertiary/aromatic N) is 2. The molecule has 294 valence electrons. The van der Waals surface area contributed by atoms with Gasteiger partial charge in [0.05, 0.1) is 30.1 Å². The standard InChI is InChI=1S/C39H53N5O9S/c1-6-24-20-39(24,36(47)43-54(49,50)27-13-14-27)42-34(45)30-19-26-21-44(30)35(46)33(38(2,3)4)41-37(48)53-31-17-22(31)10-8-7-9-11-29-32(52-26)18-23-16-25(51-5)12-15-28(23)40-29/h12,15-16,18,22,24,26-27,30-31,33H,6-11,13-14,17,19-21H2,1-5H3,(H,41,48)(H,42,45)(H,43,47)/t22-,24+,26+,30-,31-,33+,39?/m0/s1. The van der Waals surface area contributed by atoms with Gasteiger partial charge in [0.15, 0.2) is 0 Å². The molecule has 3 heterocycles. The van der Waals surface area contributed by atoms with Crippen LogP contribution in [0.5, 0.6) is 11.5 Å². The van der Waals surface area contributed by atoms with E-state index in [0.717, 1.165) is 48.7 Å². The van der Waals surface area contributed by atoms with Crippen LogP contribution in [0.2, 0.25) is 0 Å². The number of pyridine rings is 1. The summed E-state index contributed by atoms with van der Waals surface area (Å²) in [4.78, 5) is 62.2. The van der Waals surface area contributed by atoms with E-state index in [1.807, 2.05) is 52.0 Å². The molecule has 0 radical (unpaired) electrons. The van der Waals surface area contributed by atoms with Crippen molar-refractivity contribution < 1.29 is 41.8 Å². The number of sulfonamides is 1. The van der Waals surface area contributed by atoms with Crippen LogP contribution in [0.3, 0.4) is 0 Å². The van der Waals surface area contributed by atoms with Crippen LogP contribution in [-0.4, -0.2) is 90.9 Å². The summed E-state index contributed by atoms with van der Waals surface area (Å²) in [6.45, 7) is 7.39. The molecule has 2 bridgehead atoms. The summed E-state index contributed by atoms with van der Waals surface area (Å²) < 4.78 is 45.7. The van der Waals surface area contributed by atoms with E-state index in [4.69, 9.17) is 19.2 Å². The Hall–Kier alpha value is -4.14. The van der Waals surface area contributed by atoms with Gasteiger partial charge in [-0.1, -0.05) is 47.0 Å². The van der Waals surface area contributed by atoms with E-state index in [2.05, 4.69) is 15.4 Å². The van der Waals surface area contributed by atoms with E-state index in [-0.39, 0.29) is 37.3 Å². The Kier molecular flexibility index (Phi) is 10.2. The summed E-state index contributed by atoms with van der Waals surface area (Å²) in [7, 11) is -2.26. The highest BCUT2D eigenvalue weighted by Gasteiger charge is 2.62. The first-order chi connectivity index (χ1) is 25.6. The van der Waals surface area contributed by atoms with Crippen molar-refractivity contribution in [3.8, 4) is 11.5 Å². The third-order valence-electron chi connectivity index (χ3n) is 11.7. The second-order valence-electron chi connectivity index (χ2n) is 16.9. The minimum absolute atomic E-state index is 0.0208. The zero-order valence-electron chi connectivity index (χ0n) is 31.8. The third kappa shape index (κ3) is 7.97.